The smallest absolute Gasteiger partial charge is 0.305 e. The fourth-order valence-electron chi connectivity index (χ4n) is 3.03. The number of benzene rings is 1. The van der Waals surface area contributed by atoms with E-state index in [2.05, 4.69) is 4.57 Å². The Bertz CT molecular complexity index is 597. The second kappa shape index (κ2) is 5.03. The minimum atomic E-state index is -0.754. The van der Waals surface area contributed by atoms with Crippen LogP contribution in [0.15, 0.2) is 24.3 Å². The van der Waals surface area contributed by atoms with Gasteiger partial charge < -0.3 is 9.67 Å². The van der Waals surface area contributed by atoms with Crippen LogP contribution in [-0.2, 0) is 11.3 Å². The lowest BCUT2D eigenvalue weighted by atomic mass is 10.1. The summed E-state index contributed by atoms with van der Waals surface area (Å²) in [5.41, 5.74) is 2.04. The first-order valence-electron chi connectivity index (χ1n) is 6.92. The highest BCUT2D eigenvalue weighted by Crippen LogP contribution is 2.35. The average Bonchev–Trinajstić information content (AvgIpc) is 3.03. The first-order valence-corrected chi connectivity index (χ1v) is 6.92. The third-order valence-corrected chi connectivity index (χ3v) is 3.95. The van der Waals surface area contributed by atoms with Gasteiger partial charge >= 0.3 is 5.97 Å². The molecule has 4 heteroatoms. The van der Waals surface area contributed by atoms with Crippen LogP contribution >= 0.6 is 0 Å². The summed E-state index contributed by atoms with van der Waals surface area (Å²) in [6.45, 7) is 0.516. The molecule has 0 amide bonds. The number of nitrogens with zero attached hydrogens (tertiary/aromatic N) is 2. The monoisotopic (exact) mass is 258 g/mol. The maximum absolute atomic E-state index is 10.8. The molecule has 1 heterocycles. The van der Waals surface area contributed by atoms with Crippen LogP contribution in [0.25, 0.3) is 11.0 Å². The molecule has 0 unspecified atom stereocenters. The molecule has 100 valence electrons. The van der Waals surface area contributed by atoms with Gasteiger partial charge in [0.25, 0.3) is 0 Å². The summed E-state index contributed by atoms with van der Waals surface area (Å²) in [5.74, 6) is 0.830. The highest BCUT2D eigenvalue weighted by Gasteiger charge is 2.23. The molecule has 0 radical (unpaired) electrons. The molecule has 1 aliphatic rings. The van der Waals surface area contributed by atoms with Gasteiger partial charge in [-0.05, 0) is 25.0 Å². The predicted octanol–water partition coefficient (Wildman–Crippen LogP) is 3.17. The maximum Gasteiger partial charge on any atom is 0.305 e. The van der Waals surface area contributed by atoms with Gasteiger partial charge in [0.1, 0.15) is 5.82 Å². The van der Waals surface area contributed by atoms with Gasteiger partial charge in [-0.1, -0.05) is 25.0 Å². The van der Waals surface area contributed by atoms with Gasteiger partial charge in [0, 0.05) is 12.5 Å². The van der Waals surface area contributed by atoms with Crippen molar-refractivity contribution in [1.82, 2.24) is 9.55 Å². The molecule has 1 aromatic carbocycles. The highest BCUT2D eigenvalue weighted by atomic mass is 16.4. The number of hydrogen-bond acceptors (Lipinski definition) is 2. The van der Waals surface area contributed by atoms with Crippen molar-refractivity contribution in [1.29, 1.82) is 0 Å². The zero-order chi connectivity index (χ0) is 13.2. The van der Waals surface area contributed by atoms with Gasteiger partial charge in [-0.15, -0.1) is 0 Å². The van der Waals surface area contributed by atoms with Crippen LogP contribution in [0.2, 0.25) is 0 Å². The molecule has 0 atom stereocenters. The van der Waals surface area contributed by atoms with Crippen LogP contribution in [0.3, 0.4) is 0 Å². The summed E-state index contributed by atoms with van der Waals surface area (Å²) in [7, 11) is 0. The maximum atomic E-state index is 10.8. The van der Waals surface area contributed by atoms with Crippen molar-refractivity contribution in [3.63, 3.8) is 0 Å². The minimum absolute atomic E-state index is 0.153. The molecule has 1 aliphatic carbocycles. The lowest BCUT2D eigenvalue weighted by Crippen LogP contribution is -2.10. The quantitative estimate of drug-likeness (QED) is 0.916. The van der Waals surface area contributed by atoms with Crippen molar-refractivity contribution in [2.45, 2.75) is 44.6 Å². The van der Waals surface area contributed by atoms with E-state index in [0.717, 1.165) is 16.9 Å². The predicted molar refractivity (Wildman–Crippen MR) is 73.2 cm³/mol. The zero-order valence-electron chi connectivity index (χ0n) is 10.9. The Kier molecular flexibility index (Phi) is 3.23. The summed E-state index contributed by atoms with van der Waals surface area (Å²) in [6.07, 6.45) is 5.02. The first kappa shape index (κ1) is 12.2. The molecular weight excluding hydrogens is 240 g/mol. The van der Waals surface area contributed by atoms with E-state index in [0.29, 0.717) is 12.5 Å². The van der Waals surface area contributed by atoms with Crippen LogP contribution in [0.5, 0.6) is 0 Å². The van der Waals surface area contributed by atoms with E-state index in [4.69, 9.17) is 10.1 Å². The van der Waals surface area contributed by atoms with E-state index in [1.165, 1.54) is 25.7 Å². The van der Waals surface area contributed by atoms with Crippen LogP contribution in [0.1, 0.15) is 43.8 Å². The minimum Gasteiger partial charge on any atom is -0.481 e. The number of carboxylic acid groups (broad SMARTS) is 1. The van der Waals surface area contributed by atoms with Crippen molar-refractivity contribution in [3.05, 3.63) is 30.1 Å². The van der Waals surface area contributed by atoms with E-state index in [1.54, 1.807) is 0 Å². The lowest BCUT2D eigenvalue weighted by molar-refractivity contribution is -0.137. The number of aliphatic carboxylic acids is 1. The largest absolute Gasteiger partial charge is 0.481 e. The fraction of sp³-hybridized carbons (Fsp3) is 0.467. The summed E-state index contributed by atoms with van der Waals surface area (Å²) < 4.78 is 2.11. The van der Waals surface area contributed by atoms with E-state index < -0.39 is 5.97 Å². The van der Waals surface area contributed by atoms with Crippen LogP contribution in [0, 0.1) is 0 Å². The van der Waals surface area contributed by atoms with E-state index in [1.807, 2.05) is 24.3 Å². The molecule has 0 bridgehead atoms. The SMILES string of the molecule is O=C(O)CCn1c(C2CCCC2)nc2ccccc21. The molecule has 0 spiro atoms. The third-order valence-electron chi connectivity index (χ3n) is 3.95. The lowest BCUT2D eigenvalue weighted by Gasteiger charge is -2.12. The van der Waals surface area contributed by atoms with Gasteiger partial charge in [-0.25, -0.2) is 4.98 Å². The van der Waals surface area contributed by atoms with Crippen molar-refractivity contribution in [3.8, 4) is 0 Å². The number of rotatable bonds is 4. The summed E-state index contributed by atoms with van der Waals surface area (Å²) >= 11 is 0. The molecule has 3 rings (SSSR count). The van der Waals surface area contributed by atoms with Crippen LogP contribution in [0.4, 0.5) is 0 Å². The number of fused-ring (bicyclic) bond motifs is 1. The fourth-order valence-corrected chi connectivity index (χ4v) is 3.03. The number of para-hydroxylation sites is 2. The van der Waals surface area contributed by atoms with E-state index in [-0.39, 0.29) is 6.42 Å². The number of imidazole rings is 1. The Balaban J connectivity index is 2.02. The van der Waals surface area contributed by atoms with Crippen molar-refractivity contribution < 1.29 is 9.90 Å². The number of carboxylic acids is 1. The molecule has 1 saturated carbocycles. The second-order valence-electron chi connectivity index (χ2n) is 5.24. The van der Waals surface area contributed by atoms with Gasteiger partial charge in [0.2, 0.25) is 0 Å². The number of hydrogen-bond donors (Lipinski definition) is 1. The van der Waals surface area contributed by atoms with Crippen molar-refractivity contribution >= 4 is 17.0 Å². The average molecular weight is 258 g/mol. The Morgan fingerprint density at radius 3 is 2.79 bits per heavy atom. The van der Waals surface area contributed by atoms with Gasteiger partial charge in [-0.3, -0.25) is 4.79 Å². The van der Waals surface area contributed by atoms with Crippen molar-refractivity contribution in [2.75, 3.05) is 0 Å². The van der Waals surface area contributed by atoms with E-state index in [9.17, 15) is 4.79 Å². The van der Waals surface area contributed by atoms with Crippen LogP contribution < -0.4 is 0 Å². The number of aryl methyl sites for hydroxylation is 1. The summed E-state index contributed by atoms with van der Waals surface area (Å²) in [4.78, 5) is 15.6. The van der Waals surface area contributed by atoms with Crippen LogP contribution in [-0.4, -0.2) is 20.6 Å². The Hall–Kier alpha value is -1.84. The highest BCUT2D eigenvalue weighted by molar-refractivity contribution is 5.76. The topological polar surface area (TPSA) is 55.1 Å². The summed E-state index contributed by atoms with van der Waals surface area (Å²) in [5, 5.41) is 8.91. The normalized spacial score (nSPS) is 16.2. The van der Waals surface area contributed by atoms with E-state index >= 15 is 0 Å². The molecule has 4 nitrogen and oxygen atoms in total. The Morgan fingerprint density at radius 2 is 2.05 bits per heavy atom. The molecular formula is C15H18N2O2. The second-order valence-corrected chi connectivity index (χ2v) is 5.24. The van der Waals surface area contributed by atoms with Gasteiger partial charge in [-0.2, -0.15) is 0 Å². The Morgan fingerprint density at radius 1 is 1.32 bits per heavy atom. The molecule has 0 saturated heterocycles. The van der Waals surface area contributed by atoms with Crippen molar-refractivity contribution in [2.24, 2.45) is 0 Å². The zero-order valence-corrected chi connectivity index (χ0v) is 10.9. The third kappa shape index (κ3) is 2.35. The molecule has 2 aromatic rings. The molecule has 1 aromatic heterocycles. The summed E-state index contributed by atoms with van der Waals surface area (Å²) in [6, 6.07) is 8.00. The number of carbonyl (C=O) groups is 1. The first-order chi connectivity index (χ1) is 9.25. The Labute approximate surface area is 112 Å². The standard InChI is InChI=1S/C15H18N2O2/c18-14(19)9-10-17-13-8-4-3-7-12(13)16-15(17)11-5-1-2-6-11/h3-4,7-8,11H,1-2,5-6,9-10H2,(H,18,19). The molecule has 1 fully saturated rings. The molecule has 1 N–H and O–H groups in total. The van der Waals surface area contributed by atoms with Gasteiger partial charge in [0.15, 0.2) is 0 Å². The number of aromatic nitrogens is 2. The molecule has 0 aliphatic heterocycles. The molecule has 19 heavy (non-hydrogen) atoms. The van der Waals surface area contributed by atoms with Gasteiger partial charge in [0.05, 0.1) is 17.5 Å².